The molecule has 0 fully saturated rings. The van der Waals surface area contributed by atoms with Crippen molar-refractivity contribution in [2.75, 3.05) is 10.8 Å². The van der Waals surface area contributed by atoms with Crippen molar-refractivity contribution in [1.82, 2.24) is 5.43 Å². The molecule has 0 bridgehead atoms. The minimum Gasteiger partial charge on any atom is -0.489 e. The molecule has 206 valence electrons. The van der Waals surface area contributed by atoms with Gasteiger partial charge in [-0.25, -0.2) is 13.8 Å². The van der Waals surface area contributed by atoms with Gasteiger partial charge in [0.05, 0.1) is 16.8 Å². The second-order valence-electron chi connectivity index (χ2n) is 9.09. The molecule has 5 aromatic carbocycles. The third-order valence-corrected chi connectivity index (χ3v) is 8.80. The molecule has 0 heterocycles. The number of benzene rings is 5. The van der Waals surface area contributed by atoms with Crippen molar-refractivity contribution in [2.45, 2.75) is 11.5 Å². The number of rotatable bonds is 10. The Bertz CT molecular complexity index is 1770. The lowest BCUT2D eigenvalue weighted by molar-refractivity contribution is -0.119. The van der Waals surface area contributed by atoms with Crippen LogP contribution >= 0.6 is 22.6 Å². The molecule has 0 radical (unpaired) electrons. The Labute approximate surface area is 252 Å². The first-order valence-electron chi connectivity index (χ1n) is 12.7. The van der Waals surface area contributed by atoms with E-state index in [-0.39, 0.29) is 4.90 Å². The van der Waals surface area contributed by atoms with E-state index in [2.05, 4.69) is 57.4 Å². The number of hydrogen-bond acceptors (Lipinski definition) is 5. The molecular formula is C32H26IN3O4S. The SMILES string of the molecule is O=C(CN(c1ccc(I)cc1)S(=O)(=O)c1ccccc1)N/N=C\c1ccc(OCc2cccc3ccccc23)cc1. The lowest BCUT2D eigenvalue weighted by Crippen LogP contribution is -2.39. The van der Waals surface area contributed by atoms with E-state index in [4.69, 9.17) is 4.74 Å². The number of ether oxygens (including phenoxy) is 1. The molecular weight excluding hydrogens is 649 g/mol. The molecule has 0 unspecified atom stereocenters. The van der Waals surface area contributed by atoms with Crippen LogP contribution in [0.1, 0.15) is 11.1 Å². The maximum absolute atomic E-state index is 13.4. The first-order chi connectivity index (χ1) is 19.9. The molecule has 0 spiro atoms. The van der Waals surface area contributed by atoms with Gasteiger partial charge in [-0.2, -0.15) is 5.10 Å². The van der Waals surface area contributed by atoms with Crippen LogP contribution in [-0.2, 0) is 21.4 Å². The van der Waals surface area contributed by atoms with Crippen molar-refractivity contribution in [3.8, 4) is 5.75 Å². The summed E-state index contributed by atoms with van der Waals surface area (Å²) in [5.41, 5.74) is 4.66. The lowest BCUT2D eigenvalue weighted by Gasteiger charge is -2.23. The van der Waals surface area contributed by atoms with Crippen LogP contribution in [0, 0.1) is 3.57 Å². The number of carbonyl (C=O) groups is 1. The normalized spacial score (nSPS) is 11.4. The predicted octanol–water partition coefficient (Wildman–Crippen LogP) is 6.37. The number of sulfonamides is 1. The van der Waals surface area contributed by atoms with Crippen molar-refractivity contribution in [1.29, 1.82) is 0 Å². The zero-order valence-electron chi connectivity index (χ0n) is 21.9. The molecule has 0 aromatic heterocycles. The highest BCUT2D eigenvalue weighted by Crippen LogP contribution is 2.24. The molecule has 5 aromatic rings. The summed E-state index contributed by atoms with van der Waals surface area (Å²) in [7, 11) is -3.98. The van der Waals surface area contributed by atoms with E-state index in [1.165, 1.54) is 23.7 Å². The summed E-state index contributed by atoms with van der Waals surface area (Å²) >= 11 is 2.14. The number of anilines is 1. The molecule has 9 heteroatoms. The zero-order chi connectivity index (χ0) is 28.7. The molecule has 0 aliphatic rings. The number of amides is 1. The Hall–Kier alpha value is -4.22. The van der Waals surface area contributed by atoms with Crippen molar-refractivity contribution in [3.05, 3.63) is 136 Å². The van der Waals surface area contributed by atoms with Crippen LogP contribution in [-0.4, -0.2) is 27.1 Å². The summed E-state index contributed by atoms with van der Waals surface area (Å²) in [6, 6.07) is 36.6. The van der Waals surface area contributed by atoms with Gasteiger partial charge in [-0.3, -0.25) is 9.10 Å². The van der Waals surface area contributed by atoms with Crippen LogP contribution < -0.4 is 14.5 Å². The standard InChI is InChI=1S/C32H26IN3O4S/c33-27-15-17-28(18-16-27)36(41(38,39)30-10-2-1-3-11-30)22-32(37)35-34-21-24-13-19-29(20-14-24)40-23-26-9-6-8-25-7-4-5-12-31(25)26/h1-21H,22-23H2,(H,35,37)/b34-21-. The summed E-state index contributed by atoms with van der Waals surface area (Å²) in [6.45, 7) is 0.00388. The van der Waals surface area contributed by atoms with Gasteiger partial charge < -0.3 is 4.74 Å². The van der Waals surface area contributed by atoms with Gasteiger partial charge >= 0.3 is 0 Å². The van der Waals surface area contributed by atoms with Crippen LogP contribution in [0.3, 0.4) is 0 Å². The fourth-order valence-corrected chi connectivity index (χ4v) is 6.02. The zero-order valence-corrected chi connectivity index (χ0v) is 24.8. The maximum Gasteiger partial charge on any atom is 0.264 e. The first-order valence-corrected chi connectivity index (χ1v) is 15.3. The first kappa shape index (κ1) is 28.3. The van der Waals surface area contributed by atoms with E-state index in [0.717, 1.165) is 24.4 Å². The number of nitrogens with one attached hydrogen (secondary N) is 1. The summed E-state index contributed by atoms with van der Waals surface area (Å²) in [5, 5.41) is 6.35. The molecule has 7 nitrogen and oxygen atoms in total. The number of hydrazone groups is 1. The quantitative estimate of drug-likeness (QED) is 0.106. The average molecular weight is 676 g/mol. The van der Waals surface area contributed by atoms with E-state index in [1.807, 2.05) is 42.5 Å². The number of halogens is 1. The van der Waals surface area contributed by atoms with Gasteiger partial charge in [0.25, 0.3) is 15.9 Å². The lowest BCUT2D eigenvalue weighted by atomic mass is 10.1. The van der Waals surface area contributed by atoms with E-state index in [0.29, 0.717) is 18.0 Å². The van der Waals surface area contributed by atoms with Crippen LogP contribution in [0.25, 0.3) is 10.8 Å². The van der Waals surface area contributed by atoms with Gasteiger partial charge in [0, 0.05) is 3.57 Å². The Morgan fingerprint density at radius 3 is 2.27 bits per heavy atom. The van der Waals surface area contributed by atoms with Gasteiger partial charge in [0.1, 0.15) is 18.9 Å². The number of fused-ring (bicyclic) bond motifs is 1. The van der Waals surface area contributed by atoms with Crippen molar-refractivity contribution < 1.29 is 17.9 Å². The van der Waals surface area contributed by atoms with E-state index >= 15 is 0 Å². The molecule has 0 saturated heterocycles. The molecule has 5 rings (SSSR count). The van der Waals surface area contributed by atoms with Crippen molar-refractivity contribution >= 4 is 61.2 Å². The number of hydrogen-bond donors (Lipinski definition) is 1. The molecule has 0 aliphatic heterocycles. The molecule has 41 heavy (non-hydrogen) atoms. The summed E-state index contributed by atoms with van der Waals surface area (Å²) in [6.07, 6.45) is 1.49. The smallest absolute Gasteiger partial charge is 0.264 e. The second-order valence-corrected chi connectivity index (χ2v) is 12.2. The Kier molecular flexibility index (Phi) is 8.95. The number of carbonyl (C=O) groups excluding carboxylic acids is 1. The van der Waals surface area contributed by atoms with Crippen molar-refractivity contribution in [2.24, 2.45) is 5.10 Å². The highest BCUT2D eigenvalue weighted by Gasteiger charge is 2.27. The van der Waals surface area contributed by atoms with Gasteiger partial charge in [-0.05, 0) is 105 Å². The van der Waals surface area contributed by atoms with Gasteiger partial charge in [-0.1, -0.05) is 60.7 Å². The second kappa shape index (κ2) is 13.0. The fourth-order valence-electron chi connectivity index (χ4n) is 4.22. The van der Waals surface area contributed by atoms with Gasteiger partial charge in [0.2, 0.25) is 0 Å². The average Bonchev–Trinajstić information content (AvgIpc) is 3.00. The highest BCUT2D eigenvalue weighted by atomic mass is 127. The fraction of sp³-hybridized carbons (Fsp3) is 0.0625. The van der Waals surface area contributed by atoms with Crippen LogP contribution in [0.2, 0.25) is 0 Å². The highest BCUT2D eigenvalue weighted by molar-refractivity contribution is 14.1. The van der Waals surface area contributed by atoms with E-state index in [1.54, 1.807) is 42.5 Å². The van der Waals surface area contributed by atoms with Crippen LogP contribution in [0.5, 0.6) is 5.75 Å². The van der Waals surface area contributed by atoms with Gasteiger partial charge in [-0.15, -0.1) is 0 Å². The molecule has 1 amide bonds. The summed E-state index contributed by atoms with van der Waals surface area (Å²) in [4.78, 5) is 12.9. The van der Waals surface area contributed by atoms with Crippen LogP contribution in [0.4, 0.5) is 5.69 Å². The van der Waals surface area contributed by atoms with Crippen molar-refractivity contribution in [3.63, 3.8) is 0 Å². The topological polar surface area (TPSA) is 88.1 Å². The molecule has 0 aliphatic carbocycles. The predicted molar refractivity (Wildman–Crippen MR) is 171 cm³/mol. The van der Waals surface area contributed by atoms with E-state index < -0.39 is 22.5 Å². The van der Waals surface area contributed by atoms with E-state index in [9.17, 15) is 13.2 Å². The maximum atomic E-state index is 13.4. The minimum absolute atomic E-state index is 0.0950. The van der Waals surface area contributed by atoms with Crippen LogP contribution in [0.15, 0.2) is 131 Å². The Morgan fingerprint density at radius 2 is 1.51 bits per heavy atom. The summed E-state index contributed by atoms with van der Waals surface area (Å²) < 4.78 is 34.8. The Morgan fingerprint density at radius 1 is 0.829 bits per heavy atom. The largest absolute Gasteiger partial charge is 0.489 e. The molecule has 0 atom stereocenters. The molecule has 0 saturated carbocycles. The number of nitrogens with zero attached hydrogens (tertiary/aromatic N) is 2. The minimum atomic E-state index is -3.98. The third kappa shape index (κ3) is 7.11. The summed E-state index contributed by atoms with van der Waals surface area (Å²) in [5.74, 6) is 0.132. The Balaban J connectivity index is 1.21. The third-order valence-electron chi connectivity index (χ3n) is 6.29. The van der Waals surface area contributed by atoms with Gasteiger partial charge in [0.15, 0.2) is 0 Å². The monoisotopic (exact) mass is 675 g/mol. The molecule has 1 N–H and O–H groups in total.